The molecule has 0 unspecified atom stereocenters. The number of imidazole rings is 1. The molecule has 11 heteroatoms. The number of likely N-dealkylation sites (tertiary alicyclic amines) is 1. The Bertz CT molecular complexity index is 1750. The Hall–Kier alpha value is -4.54. The molecule has 4 heterocycles. The normalized spacial score (nSPS) is 18.4. The molecule has 1 aromatic carbocycles. The molecule has 1 saturated heterocycles. The van der Waals surface area contributed by atoms with E-state index >= 15 is 4.39 Å². The van der Waals surface area contributed by atoms with E-state index in [1.807, 2.05) is 21.4 Å². The standard InChI is InChI=1S/C33H36FN7O3/c1-2-44-25-16-23(33(43)38-26-17-21(9-10-36-26)20-7-8-20)15-24(34)28(25)29-30-31(35)37-11-13-41(30)32(39-29)22-4-3-12-40(18-22)27(42)14-19-5-6-19/h9-11,13,15-17,19-20,22H,2-8,12,14,18H2,1H3,(H2,35,37)(H,36,38,43)/t22-/m1/s1. The third-order valence-corrected chi connectivity index (χ3v) is 8.84. The summed E-state index contributed by atoms with van der Waals surface area (Å²) in [6.45, 7) is 3.32. The van der Waals surface area contributed by atoms with E-state index in [1.54, 1.807) is 25.5 Å². The first kappa shape index (κ1) is 28.2. The van der Waals surface area contributed by atoms with Crippen molar-refractivity contribution in [3.63, 3.8) is 0 Å². The van der Waals surface area contributed by atoms with Crippen LogP contribution >= 0.6 is 0 Å². The summed E-state index contributed by atoms with van der Waals surface area (Å²) in [6.07, 6.45) is 11.8. The summed E-state index contributed by atoms with van der Waals surface area (Å²) in [5, 5.41) is 2.80. The van der Waals surface area contributed by atoms with Gasteiger partial charge in [-0.3, -0.25) is 14.0 Å². The predicted molar refractivity (Wildman–Crippen MR) is 164 cm³/mol. The molecule has 10 nitrogen and oxygen atoms in total. The fraction of sp³-hybridized carbons (Fsp3) is 0.424. The van der Waals surface area contributed by atoms with Gasteiger partial charge in [0.15, 0.2) is 0 Å². The van der Waals surface area contributed by atoms with Gasteiger partial charge in [-0.15, -0.1) is 0 Å². The highest BCUT2D eigenvalue weighted by atomic mass is 19.1. The molecule has 3 aliphatic rings. The minimum Gasteiger partial charge on any atom is -0.493 e. The van der Waals surface area contributed by atoms with Crippen LogP contribution in [0, 0.1) is 11.7 Å². The minimum atomic E-state index is -0.666. The van der Waals surface area contributed by atoms with Crippen molar-refractivity contribution in [3.05, 3.63) is 65.6 Å². The number of ether oxygens (including phenoxy) is 1. The lowest BCUT2D eigenvalue weighted by Gasteiger charge is -2.32. The van der Waals surface area contributed by atoms with Crippen LogP contribution < -0.4 is 15.8 Å². The first-order valence-electron chi connectivity index (χ1n) is 15.5. The molecule has 0 bridgehead atoms. The van der Waals surface area contributed by atoms with Gasteiger partial charge in [-0.2, -0.15) is 0 Å². The molecule has 2 amide bonds. The van der Waals surface area contributed by atoms with Crippen molar-refractivity contribution < 1.29 is 18.7 Å². The Morgan fingerprint density at radius 2 is 1.93 bits per heavy atom. The lowest BCUT2D eigenvalue weighted by Crippen LogP contribution is -2.39. The second-order valence-electron chi connectivity index (χ2n) is 12.1. The third kappa shape index (κ3) is 5.58. The van der Waals surface area contributed by atoms with Crippen molar-refractivity contribution in [1.29, 1.82) is 0 Å². The molecular weight excluding hydrogens is 561 g/mol. The molecule has 2 aliphatic carbocycles. The first-order chi connectivity index (χ1) is 21.4. The van der Waals surface area contributed by atoms with E-state index in [2.05, 4.69) is 15.3 Å². The van der Waals surface area contributed by atoms with Crippen LogP contribution in [0.4, 0.5) is 16.0 Å². The number of halogens is 1. The Labute approximate surface area is 254 Å². The molecule has 228 valence electrons. The second-order valence-corrected chi connectivity index (χ2v) is 12.1. The Balaban J connectivity index is 1.24. The van der Waals surface area contributed by atoms with Crippen LogP contribution in [0.1, 0.15) is 85.5 Å². The van der Waals surface area contributed by atoms with Crippen LogP contribution in [0.25, 0.3) is 16.8 Å². The molecule has 0 spiro atoms. The van der Waals surface area contributed by atoms with Crippen LogP contribution in [-0.4, -0.2) is 55.8 Å². The molecule has 1 atom stereocenters. The third-order valence-electron chi connectivity index (χ3n) is 8.84. The van der Waals surface area contributed by atoms with Gasteiger partial charge >= 0.3 is 0 Å². The highest BCUT2D eigenvalue weighted by Crippen LogP contribution is 2.42. The maximum atomic E-state index is 16.2. The zero-order valence-electron chi connectivity index (χ0n) is 24.8. The van der Waals surface area contributed by atoms with E-state index in [0.717, 1.165) is 50.6 Å². The SMILES string of the molecule is CCOc1cc(C(=O)Nc2cc(C3CC3)ccn2)cc(F)c1-c1nc([C@@H]2CCCN(C(=O)CC3CC3)C2)n2ccnc(N)c12. The van der Waals surface area contributed by atoms with Gasteiger partial charge in [0.05, 0.1) is 12.2 Å². The first-order valence-corrected chi connectivity index (χ1v) is 15.5. The van der Waals surface area contributed by atoms with Gasteiger partial charge in [0.2, 0.25) is 5.91 Å². The van der Waals surface area contributed by atoms with Gasteiger partial charge in [0.1, 0.15) is 40.2 Å². The lowest BCUT2D eigenvalue weighted by atomic mass is 9.96. The number of nitrogens with zero attached hydrogens (tertiary/aromatic N) is 5. The quantitative estimate of drug-likeness (QED) is 0.259. The summed E-state index contributed by atoms with van der Waals surface area (Å²) in [4.78, 5) is 41.6. The molecule has 3 N–H and O–H groups in total. The number of fused-ring (bicyclic) bond motifs is 1. The Morgan fingerprint density at radius 1 is 1.09 bits per heavy atom. The molecule has 7 rings (SSSR count). The Morgan fingerprint density at radius 3 is 2.70 bits per heavy atom. The van der Waals surface area contributed by atoms with Crippen molar-refractivity contribution in [3.8, 4) is 17.0 Å². The summed E-state index contributed by atoms with van der Waals surface area (Å²) in [6, 6.07) is 6.53. The van der Waals surface area contributed by atoms with Gasteiger partial charge in [-0.1, -0.05) is 0 Å². The number of nitrogens with two attached hydrogens (primary N) is 1. The molecule has 1 aliphatic heterocycles. The number of rotatable bonds is 9. The zero-order chi connectivity index (χ0) is 30.4. The maximum Gasteiger partial charge on any atom is 0.257 e. The van der Waals surface area contributed by atoms with Crippen molar-refractivity contribution in [2.45, 2.75) is 63.7 Å². The van der Waals surface area contributed by atoms with Crippen molar-refractivity contribution in [1.82, 2.24) is 24.3 Å². The monoisotopic (exact) mass is 597 g/mol. The van der Waals surface area contributed by atoms with E-state index in [-0.39, 0.29) is 41.1 Å². The minimum absolute atomic E-state index is 0.0579. The highest BCUT2D eigenvalue weighted by Gasteiger charge is 2.33. The van der Waals surface area contributed by atoms with Crippen LogP contribution in [0.2, 0.25) is 0 Å². The zero-order valence-corrected chi connectivity index (χ0v) is 24.8. The number of carbonyl (C=O) groups excluding carboxylic acids is 2. The molecule has 44 heavy (non-hydrogen) atoms. The number of nitrogens with one attached hydrogen (secondary N) is 1. The van der Waals surface area contributed by atoms with Crippen LogP contribution in [-0.2, 0) is 4.79 Å². The maximum absolute atomic E-state index is 16.2. The van der Waals surface area contributed by atoms with Crippen LogP contribution in [0.15, 0.2) is 42.9 Å². The average Bonchev–Trinajstić information content (AvgIpc) is 3.96. The van der Waals surface area contributed by atoms with Crippen LogP contribution in [0.3, 0.4) is 0 Å². The largest absolute Gasteiger partial charge is 0.493 e. The fourth-order valence-electron chi connectivity index (χ4n) is 6.25. The van der Waals surface area contributed by atoms with E-state index in [9.17, 15) is 9.59 Å². The van der Waals surface area contributed by atoms with E-state index < -0.39 is 11.7 Å². The molecule has 3 fully saturated rings. The van der Waals surface area contributed by atoms with Gasteiger partial charge in [0.25, 0.3) is 5.91 Å². The number of carbonyl (C=O) groups is 2. The average molecular weight is 598 g/mol. The van der Waals surface area contributed by atoms with Crippen molar-refractivity contribution in [2.24, 2.45) is 5.92 Å². The molecule has 2 saturated carbocycles. The topological polar surface area (TPSA) is 128 Å². The van der Waals surface area contributed by atoms with Crippen LogP contribution in [0.5, 0.6) is 5.75 Å². The number of nitrogen functional groups attached to an aromatic ring is 1. The smallest absolute Gasteiger partial charge is 0.257 e. The Kier molecular flexibility index (Phi) is 7.39. The summed E-state index contributed by atoms with van der Waals surface area (Å²) < 4.78 is 23.9. The van der Waals surface area contributed by atoms with Gasteiger partial charge in [0, 0.05) is 49.6 Å². The summed E-state index contributed by atoms with van der Waals surface area (Å²) in [5.74, 6) is 1.48. The van der Waals surface area contributed by atoms with Gasteiger partial charge < -0.3 is 20.7 Å². The summed E-state index contributed by atoms with van der Waals surface area (Å²) in [5.41, 5.74) is 8.47. The molecule has 3 aromatic heterocycles. The van der Waals surface area contributed by atoms with Gasteiger partial charge in [-0.05, 0) is 87.1 Å². The number of pyridine rings is 1. The number of hydrogen-bond donors (Lipinski definition) is 2. The van der Waals surface area contributed by atoms with E-state index in [1.165, 1.54) is 12.1 Å². The number of hydrogen-bond acceptors (Lipinski definition) is 7. The van der Waals surface area contributed by atoms with Crippen molar-refractivity contribution >= 4 is 29.0 Å². The highest BCUT2D eigenvalue weighted by molar-refractivity contribution is 6.05. The number of anilines is 2. The molecular formula is C33H36FN7O3. The molecule has 0 radical (unpaired) electrons. The number of piperidine rings is 1. The summed E-state index contributed by atoms with van der Waals surface area (Å²) in [7, 11) is 0. The fourth-order valence-corrected chi connectivity index (χ4v) is 6.25. The second kappa shape index (κ2) is 11.5. The summed E-state index contributed by atoms with van der Waals surface area (Å²) >= 11 is 0. The number of benzene rings is 1. The van der Waals surface area contributed by atoms with Crippen molar-refractivity contribution in [2.75, 3.05) is 30.7 Å². The van der Waals surface area contributed by atoms with Gasteiger partial charge in [-0.25, -0.2) is 19.3 Å². The van der Waals surface area contributed by atoms with E-state index in [0.29, 0.717) is 47.7 Å². The molecule has 4 aromatic rings. The predicted octanol–water partition coefficient (Wildman–Crippen LogP) is 5.55. The lowest BCUT2D eigenvalue weighted by molar-refractivity contribution is -0.132. The van der Waals surface area contributed by atoms with E-state index in [4.69, 9.17) is 15.5 Å². The number of amides is 2. The number of aromatic nitrogens is 4.